The second kappa shape index (κ2) is 22.0. The molecule has 17 nitrogen and oxygen atoms in total. The Hall–Kier alpha value is -7.32. The molecule has 0 radical (unpaired) electrons. The molecule has 3 aliphatic heterocycles. The van der Waals surface area contributed by atoms with E-state index in [0.29, 0.717) is 107 Å². The molecule has 0 saturated carbocycles. The summed E-state index contributed by atoms with van der Waals surface area (Å²) in [6, 6.07) is 20.3. The Morgan fingerprint density at radius 2 is 1.63 bits per heavy atom. The average molecular weight is 946 g/mol. The maximum absolute atomic E-state index is 14.9. The van der Waals surface area contributed by atoms with Crippen LogP contribution in [-0.4, -0.2) is 96.3 Å². The summed E-state index contributed by atoms with van der Waals surface area (Å²) in [7, 11) is 0. The first-order valence-corrected chi connectivity index (χ1v) is 22.2. The third kappa shape index (κ3) is 11.3. The first kappa shape index (κ1) is 47.2. The number of hydrogen-bond acceptors (Lipinski definition) is 14. The molecule has 1 unspecified atom stereocenters. The van der Waals surface area contributed by atoms with Gasteiger partial charge in [-0.25, -0.2) is 24.3 Å². The minimum Gasteiger partial charge on any atom is -0.387 e. The van der Waals surface area contributed by atoms with Gasteiger partial charge in [0.25, 0.3) is 5.91 Å². The molecule has 1 atom stereocenters. The highest BCUT2D eigenvalue weighted by molar-refractivity contribution is 6.31. The molecule has 4 aromatic carbocycles. The predicted octanol–water partition coefficient (Wildman–Crippen LogP) is 6.50. The number of halogens is 3. The molecular weight excluding hydrogens is 900 g/mol. The van der Waals surface area contributed by atoms with Crippen LogP contribution in [0.3, 0.4) is 0 Å². The zero-order chi connectivity index (χ0) is 47.6. The van der Waals surface area contributed by atoms with E-state index in [1.807, 2.05) is 12.1 Å². The van der Waals surface area contributed by atoms with E-state index in [0.717, 1.165) is 0 Å². The maximum Gasteiger partial charge on any atom is 0.255 e. The molecule has 68 heavy (non-hydrogen) atoms. The van der Waals surface area contributed by atoms with Crippen LogP contribution < -0.4 is 26.6 Å². The number of hydrogen-bond donors (Lipinski definition) is 6. The number of anilines is 3. The summed E-state index contributed by atoms with van der Waals surface area (Å²) >= 11 is 6.35. The lowest BCUT2D eigenvalue weighted by molar-refractivity contribution is -0.137. The fraction of sp³-hybridized carbons (Fsp3) is 0.271. The van der Waals surface area contributed by atoms with Crippen LogP contribution in [0.5, 0.6) is 0 Å². The monoisotopic (exact) mass is 945 g/mol. The molecule has 5 aromatic rings. The number of aliphatic imine (C=N–C) groups is 1. The van der Waals surface area contributed by atoms with Crippen molar-refractivity contribution in [2.24, 2.45) is 10.1 Å². The lowest BCUT2D eigenvalue weighted by Crippen LogP contribution is -2.52. The summed E-state index contributed by atoms with van der Waals surface area (Å²) in [6.07, 6.45) is 3.87. The Balaban J connectivity index is 0.707. The maximum atomic E-state index is 14.9. The largest absolute Gasteiger partial charge is 0.387 e. The van der Waals surface area contributed by atoms with Gasteiger partial charge in [0.2, 0.25) is 23.7 Å². The van der Waals surface area contributed by atoms with Gasteiger partial charge in [0.1, 0.15) is 23.4 Å². The first-order chi connectivity index (χ1) is 33.1. The van der Waals surface area contributed by atoms with Crippen molar-refractivity contribution >= 4 is 64.0 Å². The number of rotatable bonds is 20. The fourth-order valence-electron chi connectivity index (χ4n) is 7.91. The molecule has 0 bridgehead atoms. The molecule has 8 rings (SSSR count). The SMILES string of the molecule is N=N/C(=C\NCCOCCNCCOCCC(=O)Nc1ccc2c(c1)CN(C1CCC(=O)NC1=O)C2=O)c1ccc(Nc2ncc3c(n2)-c2ccc(Cl)cc2C(c2c(F)cccc2F)=NC3)cc1. The van der Waals surface area contributed by atoms with Crippen molar-refractivity contribution in [3.05, 3.63) is 141 Å². The van der Waals surface area contributed by atoms with Crippen LogP contribution in [0.1, 0.15) is 57.4 Å². The summed E-state index contributed by atoms with van der Waals surface area (Å²) in [5, 5.41) is 18.7. The Labute approximate surface area is 394 Å². The fourth-order valence-corrected chi connectivity index (χ4v) is 8.09. The van der Waals surface area contributed by atoms with E-state index < -0.39 is 23.6 Å². The van der Waals surface area contributed by atoms with Crippen molar-refractivity contribution < 1.29 is 37.4 Å². The number of ether oxygens (including phenoxy) is 2. The van der Waals surface area contributed by atoms with Crippen molar-refractivity contribution in [2.75, 3.05) is 56.7 Å². The summed E-state index contributed by atoms with van der Waals surface area (Å²) < 4.78 is 41.2. The standard InChI is InChI=1S/C48H46ClF2N11O6/c49-31-6-10-35-36(23-31)45(43-37(50)2-1-3-38(43)51)55-24-30-25-56-48(60-44(30)35)58-32-7-4-28(5-8-32)39(61-52)26-54-17-21-68-20-16-53-15-19-67-18-14-42(64)57-33-9-11-34-29(22-33)27-62(47(34)66)40-12-13-41(63)59-46(40)65/h1-11,22-23,25-26,40,52-54H,12-21,24,27H2,(H,57,64)(H,56,58,60)(H,59,63,65)/b39-26-,61-52?. The Kier molecular flexibility index (Phi) is 15.3. The van der Waals surface area contributed by atoms with Gasteiger partial charge in [0, 0.05) is 89.2 Å². The molecule has 0 spiro atoms. The van der Waals surface area contributed by atoms with Gasteiger partial charge in [0.15, 0.2) is 0 Å². The van der Waals surface area contributed by atoms with Crippen molar-refractivity contribution in [1.29, 1.82) is 5.53 Å². The Morgan fingerprint density at radius 3 is 2.40 bits per heavy atom. The van der Waals surface area contributed by atoms with Gasteiger partial charge >= 0.3 is 0 Å². The van der Waals surface area contributed by atoms with Gasteiger partial charge in [-0.05, 0) is 66.6 Å². The second-order valence-electron chi connectivity index (χ2n) is 15.9. The predicted molar refractivity (Wildman–Crippen MR) is 249 cm³/mol. The molecule has 4 heterocycles. The van der Waals surface area contributed by atoms with Crippen LogP contribution in [0.15, 0.2) is 101 Å². The van der Waals surface area contributed by atoms with Gasteiger partial charge in [-0.1, -0.05) is 35.9 Å². The number of fused-ring (bicyclic) bond motifs is 4. The number of nitrogens with one attached hydrogen (secondary N) is 6. The summed E-state index contributed by atoms with van der Waals surface area (Å²) in [4.78, 5) is 64.5. The third-order valence-corrected chi connectivity index (χ3v) is 11.5. The highest BCUT2D eigenvalue weighted by Gasteiger charge is 2.39. The summed E-state index contributed by atoms with van der Waals surface area (Å²) in [6.45, 7) is 3.49. The van der Waals surface area contributed by atoms with E-state index in [4.69, 9.17) is 31.6 Å². The first-order valence-electron chi connectivity index (χ1n) is 21.8. The van der Waals surface area contributed by atoms with Gasteiger partial charge in [-0.2, -0.15) is 5.11 Å². The number of imide groups is 1. The van der Waals surface area contributed by atoms with E-state index in [2.05, 4.69) is 41.7 Å². The van der Waals surface area contributed by atoms with Crippen molar-refractivity contribution in [1.82, 2.24) is 30.8 Å². The number of nitrogens with zero attached hydrogens (tertiary/aromatic N) is 5. The number of carbonyl (C=O) groups is 4. The Bertz CT molecular complexity index is 2790. The van der Waals surface area contributed by atoms with Crippen molar-refractivity contribution in [3.63, 3.8) is 0 Å². The molecule has 6 N–H and O–H groups in total. The normalized spacial score (nSPS) is 15.4. The third-order valence-electron chi connectivity index (χ3n) is 11.3. The molecule has 1 saturated heterocycles. The van der Waals surface area contributed by atoms with E-state index in [1.54, 1.807) is 60.9 Å². The molecular formula is C48H46ClF2N11O6. The topological polar surface area (TPSA) is 224 Å². The lowest BCUT2D eigenvalue weighted by atomic mass is 9.95. The minimum atomic E-state index is -0.736. The van der Waals surface area contributed by atoms with Crippen LogP contribution in [0.25, 0.3) is 17.0 Å². The van der Waals surface area contributed by atoms with Crippen LogP contribution >= 0.6 is 11.6 Å². The number of piperidine rings is 1. The zero-order valence-corrected chi connectivity index (χ0v) is 37.3. The van der Waals surface area contributed by atoms with E-state index in [-0.39, 0.29) is 68.0 Å². The van der Waals surface area contributed by atoms with Gasteiger partial charge in [-0.3, -0.25) is 29.5 Å². The molecule has 1 aromatic heterocycles. The lowest BCUT2D eigenvalue weighted by Gasteiger charge is -2.29. The van der Waals surface area contributed by atoms with Gasteiger partial charge in [0.05, 0.1) is 56.4 Å². The second-order valence-corrected chi connectivity index (χ2v) is 16.3. The minimum absolute atomic E-state index is 0.0952. The quantitative estimate of drug-likeness (QED) is 0.0281. The number of carbonyl (C=O) groups excluding carboxylic acids is 4. The molecule has 1 fully saturated rings. The van der Waals surface area contributed by atoms with Crippen LogP contribution in [0.4, 0.5) is 26.1 Å². The molecule has 4 amide bonds. The van der Waals surface area contributed by atoms with Gasteiger partial charge < -0.3 is 35.6 Å². The molecule has 350 valence electrons. The van der Waals surface area contributed by atoms with Crippen LogP contribution in [0, 0.1) is 17.2 Å². The highest BCUT2D eigenvalue weighted by atomic mass is 35.5. The summed E-state index contributed by atoms with van der Waals surface area (Å²) in [5.74, 6) is -2.50. The van der Waals surface area contributed by atoms with Gasteiger partial charge in [-0.15, -0.1) is 0 Å². The van der Waals surface area contributed by atoms with Crippen LogP contribution in [-0.2, 0) is 36.9 Å². The average Bonchev–Trinajstić information content (AvgIpc) is 3.56. The number of benzene rings is 4. The highest BCUT2D eigenvalue weighted by Crippen LogP contribution is 2.35. The van der Waals surface area contributed by atoms with Crippen molar-refractivity contribution in [2.45, 2.75) is 38.4 Å². The number of aromatic nitrogens is 2. The smallest absolute Gasteiger partial charge is 0.255 e. The van der Waals surface area contributed by atoms with E-state index in [1.165, 1.54) is 23.1 Å². The molecule has 0 aliphatic carbocycles. The Morgan fingerprint density at radius 1 is 0.897 bits per heavy atom. The number of amides is 4. The van der Waals surface area contributed by atoms with E-state index in [9.17, 15) is 28.0 Å². The van der Waals surface area contributed by atoms with E-state index >= 15 is 0 Å². The zero-order valence-electron chi connectivity index (χ0n) is 36.5. The van der Waals surface area contributed by atoms with Crippen LogP contribution in [0.2, 0.25) is 5.02 Å². The molecule has 20 heteroatoms. The summed E-state index contributed by atoms with van der Waals surface area (Å²) in [5.41, 5.74) is 13.4. The molecule has 3 aliphatic rings. The van der Waals surface area contributed by atoms with Crippen molar-refractivity contribution in [3.8, 4) is 11.3 Å².